The van der Waals surface area contributed by atoms with Crippen molar-refractivity contribution >= 4 is 29.2 Å². The van der Waals surface area contributed by atoms with Gasteiger partial charge < -0.3 is 14.8 Å². The van der Waals surface area contributed by atoms with E-state index in [-0.39, 0.29) is 17.7 Å². The molecule has 2 saturated heterocycles. The summed E-state index contributed by atoms with van der Waals surface area (Å²) >= 11 is 12.4. The largest absolute Gasteiger partial charge is 0.463 e. The quantitative estimate of drug-likeness (QED) is 0.819. The molecule has 0 saturated carbocycles. The van der Waals surface area contributed by atoms with Gasteiger partial charge in [0.05, 0.1) is 22.8 Å². The molecule has 3 rings (SSSR count). The first kappa shape index (κ1) is 17.0. The molecule has 6 heteroatoms. The molecule has 23 heavy (non-hydrogen) atoms. The Kier molecular flexibility index (Phi) is 4.88. The van der Waals surface area contributed by atoms with Crippen LogP contribution in [0.5, 0.6) is 0 Å². The van der Waals surface area contributed by atoms with Crippen LogP contribution in [0.4, 0.5) is 0 Å². The molecule has 2 atom stereocenters. The monoisotopic (exact) mass is 357 g/mol. The second-order valence-electron chi connectivity index (χ2n) is 6.55. The summed E-state index contributed by atoms with van der Waals surface area (Å²) in [7, 11) is 0. The fourth-order valence-electron chi connectivity index (χ4n) is 3.40. The Labute approximate surface area is 146 Å². The van der Waals surface area contributed by atoms with Crippen LogP contribution in [-0.2, 0) is 26.3 Å². The number of rotatable bonds is 5. The van der Waals surface area contributed by atoms with Crippen molar-refractivity contribution in [1.82, 2.24) is 5.32 Å². The van der Waals surface area contributed by atoms with Crippen molar-refractivity contribution in [3.63, 3.8) is 0 Å². The Balaban J connectivity index is 1.84. The Morgan fingerprint density at radius 2 is 2.17 bits per heavy atom. The summed E-state index contributed by atoms with van der Waals surface area (Å²) in [6.07, 6.45) is 1.70. The average molecular weight is 358 g/mol. The fraction of sp³-hybridized carbons (Fsp3) is 0.588. The maximum absolute atomic E-state index is 11.8. The summed E-state index contributed by atoms with van der Waals surface area (Å²) in [6, 6.07) is 4.14. The van der Waals surface area contributed by atoms with Gasteiger partial charge in [-0.15, -0.1) is 0 Å². The summed E-state index contributed by atoms with van der Waals surface area (Å²) in [4.78, 5) is 11.8. The van der Waals surface area contributed by atoms with Crippen molar-refractivity contribution < 1.29 is 14.3 Å². The number of morpholine rings is 1. The number of nitrogens with one attached hydrogen (secondary N) is 1. The summed E-state index contributed by atoms with van der Waals surface area (Å²) in [5, 5.41) is 4.47. The van der Waals surface area contributed by atoms with E-state index in [1.807, 2.05) is 26.0 Å². The summed E-state index contributed by atoms with van der Waals surface area (Å²) in [5.74, 6) is -0.204. The Morgan fingerprint density at radius 3 is 2.74 bits per heavy atom. The van der Waals surface area contributed by atoms with Gasteiger partial charge in [0.15, 0.2) is 0 Å². The molecule has 0 aromatic heterocycles. The van der Waals surface area contributed by atoms with Crippen LogP contribution in [0.2, 0.25) is 10.0 Å². The lowest BCUT2D eigenvalue weighted by Gasteiger charge is -2.30. The van der Waals surface area contributed by atoms with E-state index >= 15 is 0 Å². The minimum atomic E-state index is -0.351. The maximum Gasteiger partial charge on any atom is 0.306 e. The van der Waals surface area contributed by atoms with Crippen LogP contribution in [0.1, 0.15) is 37.8 Å². The highest BCUT2D eigenvalue weighted by Gasteiger charge is 2.48. The molecule has 0 amide bonds. The lowest BCUT2D eigenvalue weighted by atomic mass is 9.87. The van der Waals surface area contributed by atoms with Crippen molar-refractivity contribution in [1.29, 1.82) is 0 Å². The van der Waals surface area contributed by atoms with Crippen LogP contribution >= 0.6 is 23.2 Å². The van der Waals surface area contributed by atoms with E-state index in [2.05, 4.69) is 5.32 Å². The number of carbonyl (C=O) groups excluding carboxylic acids is 1. The van der Waals surface area contributed by atoms with Crippen LogP contribution < -0.4 is 5.32 Å². The minimum Gasteiger partial charge on any atom is -0.463 e. The third-order valence-corrected chi connectivity index (χ3v) is 5.14. The second-order valence-corrected chi connectivity index (χ2v) is 7.36. The highest BCUT2D eigenvalue weighted by molar-refractivity contribution is 6.42. The molecular formula is C17H21Cl2NO3. The minimum absolute atomic E-state index is 0.104. The van der Waals surface area contributed by atoms with Crippen LogP contribution in [0.15, 0.2) is 12.1 Å². The molecule has 2 aliphatic rings. The zero-order valence-corrected chi connectivity index (χ0v) is 14.8. The van der Waals surface area contributed by atoms with Gasteiger partial charge >= 0.3 is 5.97 Å². The first-order chi connectivity index (χ1) is 10.9. The molecule has 1 aromatic carbocycles. The molecule has 1 N–H and O–H groups in total. The molecular weight excluding hydrogens is 337 g/mol. The van der Waals surface area contributed by atoms with Crippen LogP contribution in [0.25, 0.3) is 0 Å². The van der Waals surface area contributed by atoms with E-state index in [0.29, 0.717) is 35.5 Å². The van der Waals surface area contributed by atoms with Crippen molar-refractivity contribution in [3.8, 4) is 0 Å². The second kappa shape index (κ2) is 6.60. The summed E-state index contributed by atoms with van der Waals surface area (Å²) in [5.41, 5.74) is 1.69. The topological polar surface area (TPSA) is 47.6 Å². The van der Waals surface area contributed by atoms with E-state index in [4.69, 9.17) is 32.7 Å². The number of benzene rings is 1. The maximum atomic E-state index is 11.8. The SMILES string of the molecule is CC(C)OC(=O)CCc1cc(Cl)c(Cl)cc1C12CNC(CO1)C2. The number of esters is 1. The highest BCUT2D eigenvalue weighted by Crippen LogP contribution is 2.44. The van der Waals surface area contributed by atoms with Gasteiger partial charge in [0.1, 0.15) is 5.60 Å². The molecule has 0 spiro atoms. The third kappa shape index (κ3) is 3.50. The highest BCUT2D eigenvalue weighted by atomic mass is 35.5. The normalized spacial score (nSPS) is 26.0. The number of fused-ring (bicyclic) bond motifs is 2. The average Bonchev–Trinajstić information content (AvgIpc) is 3.09. The predicted molar refractivity (Wildman–Crippen MR) is 90.0 cm³/mol. The van der Waals surface area contributed by atoms with Gasteiger partial charge in [0.2, 0.25) is 0 Å². The van der Waals surface area contributed by atoms with E-state index in [1.54, 1.807) is 0 Å². The van der Waals surface area contributed by atoms with E-state index in [0.717, 1.165) is 24.1 Å². The molecule has 126 valence electrons. The van der Waals surface area contributed by atoms with Crippen LogP contribution in [0, 0.1) is 0 Å². The van der Waals surface area contributed by atoms with Crippen LogP contribution in [-0.4, -0.2) is 31.3 Å². The molecule has 4 nitrogen and oxygen atoms in total. The fourth-order valence-corrected chi connectivity index (χ4v) is 3.75. The Morgan fingerprint density at radius 1 is 1.43 bits per heavy atom. The number of ether oxygens (including phenoxy) is 2. The molecule has 2 bridgehead atoms. The third-order valence-electron chi connectivity index (χ3n) is 4.42. The zero-order chi connectivity index (χ0) is 16.6. The molecule has 2 aliphatic heterocycles. The first-order valence-electron chi connectivity index (χ1n) is 7.95. The van der Waals surface area contributed by atoms with Crippen molar-refractivity contribution in [2.75, 3.05) is 13.2 Å². The molecule has 1 aromatic rings. The molecule has 2 fully saturated rings. The number of halogens is 2. The summed E-state index contributed by atoms with van der Waals surface area (Å²) < 4.78 is 11.3. The first-order valence-corrected chi connectivity index (χ1v) is 8.70. The smallest absolute Gasteiger partial charge is 0.306 e. The van der Waals surface area contributed by atoms with Gasteiger partial charge in [-0.25, -0.2) is 0 Å². The number of hydrogen-bond acceptors (Lipinski definition) is 4. The van der Waals surface area contributed by atoms with Gasteiger partial charge in [0, 0.05) is 19.0 Å². The Hall–Kier alpha value is -0.810. The van der Waals surface area contributed by atoms with Gasteiger partial charge in [-0.3, -0.25) is 4.79 Å². The van der Waals surface area contributed by atoms with E-state index in [9.17, 15) is 4.79 Å². The van der Waals surface area contributed by atoms with Gasteiger partial charge in [-0.05, 0) is 49.9 Å². The number of aryl methyl sites for hydroxylation is 1. The molecule has 2 unspecified atom stereocenters. The van der Waals surface area contributed by atoms with E-state index < -0.39 is 0 Å². The van der Waals surface area contributed by atoms with E-state index in [1.165, 1.54) is 0 Å². The van der Waals surface area contributed by atoms with Gasteiger partial charge in [-0.1, -0.05) is 23.2 Å². The zero-order valence-electron chi connectivity index (χ0n) is 13.3. The predicted octanol–water partition coefficient (Wildman–Crippen LogP) is 3.47. The van der Waals surface area contributed by atoms with Crippen molar-refractivity contribution in [2.24, 2.45) is 0 Å². The van der Waals surface area contributed by atoms with Crippen molar-refractivity contribution in [3.05, 3.63) is 33.3 Å². The lowest BCUT2D eigenvalue weighted by Crippen LogP contribution is -2.38. The van der Waals surface area contributed by atoms with Crippen LogP contribution in [0.3, 0.4) is 0 Å². The number of hydrogen-bond donors (Lipinski definition) is 1. The molecule has 0 aliphatic carbocycles. The molecule has 2 heterocycles. The molecule has 0 radical (unpaired) electrons. The Bertz CT molecular complexity index is 610. The van der Waals surface area contributed by atoms with Gasteiger partial charge in [0.25, 0.3) is 0 Å². The number of carbonyl (C=O) groups is 1. The standard InChI is InChI=1S/C17H21Cl2NO3/c1-10(2)23-16(21)4-3-11-5-14(18)15(19)6-13(11)17-7-12(8-22-17)20-9-17/h5-6,10,12,20H,3-4,7-9H2,1-2H3. The van der Waals surface area contributed by atoms with Crippen molar-refractivity contribution in [2.45, 2.75) is 50.9 Å². The summed E-state index contributed by atoms with van der Waals surface area (Å²) in [6.45, 7) is 5.16. The van der Waals surface area contributed by atoms with Gasteiger partial charge in [-0.2, -0.15) is 0 Å². The lowest BCUT2D eigenvalue weighted by molar-refractivity contribution is -0.147.